The predicted octanol–water partition coefficient (Wildman–Crippen LogP) is 1.19. The van der Waals surface area contributed by atoms with Gasteiger partial charge in [-0.1, -0.05) is 6.92 Å². The Morgan fingerprint density at radius 3 is 2.82 bits per heavy atom. The van der Waals surface area contributed by atoms with Crippen LogP contribution in [-0.4, -0.2) is 47.9 Å². The molecule has 0 aromatic carbocycles. The molecule has 4 heterocycles. The molecule has 1 saturated heterocycles. The summed E-state index contributed by atoms with van der Waals surface area (Å²) < 4.78 is 1.83. The molecule has 114 valence electrons. The summed E-state index contributed by atoms with van der Waals surface area (Å²) in [7, 11) is 0. The van der Waals surface area contributed by atoms with E-state index in [1.54, 1.807) is 12.7 Å². The van der Waals surface area contributed by atoms with Crippen LogP contribution < -0.4 is 4.90 Å². The van der Waals surface area contributed by atoms with Crippen molar-refractivity contribution in [1.29, 1.82) is 0 Å². The van der Waals surface area contributed by atoms with Gasteiger partial charge in [0.05, 0.1) is 0 Å². The molecule has 1 N–H and O–H groups in total. The number of aryl methyl sites for hydroxylation is 1. The van der Waals surface area contributed by atoms with Gasteiger partial charge in [-0.15, -0.1) is 0 Å². The van der Waals surface area contributed by atoms with E-state index in [0.29, 0.717) is 11.7 Å². The first-order chi connectivity index (χ1) is 10.8. The van der Waals surface area contributed by atoms with Gasteiger partial charge in [-0.2, -0.15) is 19.7 Å². The fourth-order valence-electron chi connectivity index (χ4n) is 3.04. The Bertz CT molecular complexity index is 754. The van der Waals surface area contributed by atoms with E-state index in [-0.39, 0.29) is 0 Å². The third-order valence-corrected chi connectivity index (χ3v) is 4.29. The Morgan fingerprint density at radius 1 is 1.23 bits per heavy atom. The molecule has 0 unspecified atom stereocenters. The van der Waals surface area contributed by atoms with Gasteiger partial charge in [-0.25, -0.2) is 9.97 Å². The van der Waals surface area contributed by atoms with E-state index in [4.69, 9.17) is 0 Å². The number of rotatable bonds is 3. The van der Waals surface area contributed by atoms with Gasteiger partial charge in [0.2, 0.25) is 0 Å². The van der Waals surface area contributed by atoms with E-state index < -0.39 is 0 Å². The Balaban J connectivity index is 1.59. The number of fused-ring (bicyclic) bond motifs is 1. The van der Waals surface area contributed by atoms with E-state index in [0.717, 1.165) is 49.7 Å². The third kappa shape index (κ3) is 2.20. The summed E-state index contributed by atoms with van der Waals surface area (Å²) in [5, 5.41) is 11.2. The summed E-state index contributed by atoms with van der Waals surface area (Å²) >= 11 is 0. The standard InChI is InChI=1S/C14H18N8/c1-2-11-7-12(22-14(19-11)16-9-18-22)21-5-3-10(4-6-21)13-15-8-17-20-13/h7-10H,2-6H2,1H3,(H,15,17,20). The van der Waals surface area contributed by atoms with Crippen molar-refractivity contribution in [2.45, 2.75) is 32.1 Å². The fraction of sp³-hybridized carbons (Fsp3) is 0.500. The molecule has 1 aliphatic heterocycles. The maximum Gasteiger partial charge on any atom is 0.254 e. The number of H-pyrrole nitrogens is 1. The quantitative estimate of drug-likeness (QED) is 0.781. The third-order valence-electron chi connectivity index (χ3n) is 4.29. The molecule has 0 aliphatic carbocycles. The van der Waals surface area contributed by atoms with Gasteiger partial charge in [0.25, 0.3) is 5.78 Å². The number of anilines is 1. The lowest BCUT2D eigenvalue weighted by molar-refractivity contribution is 0.482. The predicted molar refractivity (Wildman–Crippen MR) is 80.7 cm³/mol. The second kappa shape index (κ2) is 5.36. The first-order valence-electron chi connectivity index (χ1n) is 7.65. The molecule has 0 bridgehead atoms. The largest absolute Gasteiger partial charge is 0.356 e. The zero-order valence-corrected chi connectivity index (χ0v) is 12.5. The summed E-state index contributed by atoms with van der Waals surface area (Å²) in [4.78, 5) is 15.4. The van der Waals surface area contributed by atoms with Crippen molar-refractivity contribution in [3.05, 3.63) is 30.2 Å². The van der Waals surface area contributed by atoms with Gasteiger partial charge in [0.15, 0.2) is 0 Å². The molecule has 22 heavy (non-hydrogen) atoms. The van der Waals surface area contributed by atoms with Crippen LogP contribution >= 0.6 is 0 Å². The van der Waals surface area contributed by atoms with Crippen molar-refractivity contribution < 1.29 is 0 Å². The summed E-state index contributed by atoms with van der Waals surface area (Å²) in [6.45, 7) is 4.04. The van der Waals surface area contributed by atoms with Crippen molar-refractivity contribution in [2.24, 2.45) is 0 Å². The van der Waals surface area contributed by atoms with E-state index in [9.17, 15) is 0 Å². The van der Waals surface area contributed by atoms with E-state index in [2.05, 4.69) is 48.1 Å². The normalized spacial score (nSPS) is 16.5. The van der Waals surface area contributed by atoms with E-state index in [1.807, 2.05) is 4.52 Å². The molecule has 3 aromatic heterocycles. The minimum Gasteiger partial charge on any atom is -0.356 e. The number of hydrogen-bond donors (Lipinski definition) is 1. The monoisotopic (exact) mass is 298 g/mol. The molecule has 0 amide bonds. The Morgan fingerprint density at radius 2 is 2.09 bits per heavy atom. The molecule has 8 nitrogen and oxygen atoms in total. The van der Waals surface area contributed by atoms with Crippen molar-refractivity contribution in [1.82, 2.24) is 34.8 Å². The molecule has 3 aromatic rings. The molecule has 1 fully saturated rings. The molecule has 0 atom stereocenters. The molecule has 8 heteroatoms. The first kappa shape index (κ1) is 13.2. The van der Waals surface area contributed by atoms with Crippen LogP contribution in [0.25, 0.3) is 5.78 Å². The topological polar surface area (TPSA) is 87.9 Å². The van der Waals surface area contributed by atoms with Crippen molar-refractivity contribution in [2.75, 3.05) is 18.0 Å². The van der Waals surface area contributed by atoms with Gasteiger partial charge in [-0.05, 0) is 19.3 Å². The van der Waals surface area contributed by atoms with E-state index in [1.165, 1.54) is 0 Å². The maximum absolute atomic E-state index is 4.50. The van der Waals surface area contributed by atoms with Crippen molar-refractivity contribution >= 4 is 11.6 Å². The molecule has 1 aliphatic rings. The second-order valence-corrected chi connectivity index (χ2v) is 5.56. The Hall–Kier alpha value is -2.51. The van der Waals surface area contributed by atoms with Crippen LogP contribution in [0.1, 0.15) is 37.2 Å². The summed E-state index contributed by atoms with van der Waals surface area (Å²) in [5.74, 6) is 3.20. The average molecular weight is 298 g/mol. The van der Waals surface area contributed by atoms with Crippen LogP contribution in [0, 0.1) is 0 Å². The average Bonchev–Trinajstić information content (AvgIpc) is 3.25. The van der Waals surface area contributed by atoms with Gasteiger partial charge < -0.3 is 4.90 Å². The number of aromatic amines is 1. The number of aromatic nitrogens is 7. The smallest absolute Gasteiger partial charge is 0.254 e. The van der Waals surface area contributed by atoms with Crippen LogP contribution in [0.5, 0.6) is 0 Å². The van der Waals surface area contributed by atoms with Crippen molar-refractivity contribution in [3.63, 3.8) is 0 Å². The van der Waals surface area contributed by atoms with Crippen molar-refractivity contribution in [3.8, 4) is 0 Å². The Kier molecular flexibility index (Phi) is 3.21. The number of nitrogens with one attached hydrogen (secondary N) is 1. The lowest BCUT2D eigenvalue weighted by atomic mass is 9.96. The summed E-state index contributed by atoms with van der Waals surface area (Å²) in [6, 6.07) is 2.12. The SMILES string of the molecule is CCc1cc(N2CCC(c3ncn[nH]3)CC2)n2ncnc2n1. The van der Waals surface area contributed by atoms with Crippen LogP contribution in [0.4, 0.5) is 5.82 Å². The maximum atomic E-state index is 4.50. The number of piperidine rings is 1. The highest BCUT2D eigenvalue weighted by atomic mass is 15.4. The van der Waals surface area contributed by atoms with Crippen LogP contribution in [0.15, 0.2) is 18.7 Å². The zero-order valence-electron chi connectivity index (χ0n) is 12.5. The lowest BCUT2D eigenvalue weighted by Crippen LogP contribution is -2.34. The highest BCUT2D eigenvalue weighted by molar-refractivity contribution is 5.47. The van der Waals surface area contributed by atoms with Gasteiger partial charge in [0.1, 0.15) is 24.3 Å². The number of hydrogen-bond acceptors (Lipinski definition) is 6. The minimum atomic E-state index is 0.456. The molecule has 4 rings (SSSR count). The van der Waals surface area contributed by atoms with Gasteiger partial charge >= 0.3 is 0 Å². The summed E-state index contributed by atoms with van der Waals surface area (Å²) in [6.07, 6.45) is 6.14. The molecular weight excluding hydrogens is 280 g/mol. The molecular formula is C14H18N8. The Labute approximate surface area is 127 Å². The van der Waals surface area contributed by atoms with Crippen LogP contribution in [0.3, 0.4) is 0 Å². The van der Waals surface area contributed by atoms with Gasteiger partial charge in [0, 0.05) is 30.8 Å². The number of nitrogens with zero attached hydrogens (tertiary/aromatic N) is 7. The van der Waals surface area contributed by atoms with Crippen LogP contribution in [-0.2, 0) is 6.42 Å². The highest BCUT2D eigenvalue weighted by Crippen LogP contribution is 2.28. The molecule has 0 radical (unpaired) electrons. The van der Waals surface area contributed by atoms with Gasteiger partial charge in [-0.3, -0.25) is 5.10 Å². The fourth-order valence-corrected chi connectivity index (χ4v) is 3.04. The zero-order chi connectivity index (χ0) is 14.9. The van der Waals surface area contributed by atoms with Crippen LogP contribution in [0.2, 0.25) is 0 Å². The first-order valence-corrected chi connectivity index (χ1v) is 7.65. The summed E-state index contributed by atoms with van der Waals surface area (Å²) in [5.41, 5.74) is 1.05. The molecule has 0 saturated carbocycles. The highest BCUT2D eigenvalue weighted by Gasteiger charge is 2.24. The lowest BCUT2D eigenvalue weighted by Gasteiger charge is -2.32. The second-order valence-electron chi connectivity index (χ2n) is 5.56. The van der Waals surface area contributed by atoms with E-state index >= 15 is 0 Å². The molecule has 0 spiro atoms. The minimum absolute atomic E-state index is 0.456.